The number of carbonyl (C=O) groups excluding carboxylic acids is 15. The maximum Gasteiger partial charge on any atom is 0.248 e. The van der Waals surface area contributed by atoms with E-state index < -0.39 is 181 Å². The number of nitrogens with zero attached hydrogens (tertiary/aromatic N) is 2. The number of aldehydes is 1. The van der Waals surface area contributed by atoms with Crippen molar-refractivity contribution >= 4 is 101 Å². The largest absolute Gasteiger partial charge is 0.394 e. The maximum absolute atomic E-state index is 13.9. The summed E-state index contributed by atoms with van der Waals surface area (Å²) < 4.78 is 0. The number of likely N-dealkylation sites (tertiary alicyclic amines) is 2. The second kappa shape index (κ2) is 36.4. The third kappa shape index (κ3) is 23.4. The topological polar surface area (TPSA) is 516 Å². The van der Waals surface area contributed by atoms with Gasteiger partial charge in [-0.3, -0.25) is 67.1 Å². The Kier molecular flexibility index (Phi) is 31.6. The lowest BCUT2D eigenvalue weighted by atomic mass is 9.97. The SMILES string of the molecule is CCC(C)[C@H](NC(=O)[C@H](CCC(N)=O)NC(=O)[C@@H](NC(=O)[C@H](C)NC(=O)[C@H](CSCNC(C)=O)NC(=O)[C@H](CO)NC(=O)[C@@H](NC(=O)[C@H](CCC=O)NC(=O)[C@@H]1CCCN1C(=O)[C@@H](NC(=O)[C@@H]1CCCN1C(C)=O)C(C)O)C(C)O)C(C)O)C(N)=O. The van der Waals surface area contributed by atoms with Crippen LogP contribution in [-0.2, 0) is 71.9 Å². The van der Waals surface area contributed by atoms with Crippen molar-refractivity contribution in [3.63, 3.8) is 0 Å². The molecule has 2 aliphatic heterocycles. The Morgan fingerprint density at radius 2 is 1.03 bits per heavy atom. The molecule has 34 heteroatoms. The first kappa shape index (κ1) is 74.5. The number of amides is 14. The highest BCUT2D eigenvalue weighted by Crippen LogP contribution is 2.22. The molecular formula is C52H86N14O19S. The van der Waals surface area contributed by atoms with Crippen LogP contribution in [0.5, 0.6) is 0 Å². The third-order valence-electron chi connectivity index (χ3n) is 14.2. The predicted molar refractivity (Wildman–Crippen MR) is 304 cm³/mol. The van der Waals surface area contributed by atoms with Gasteiger partial charge in [0.1, 0.15) is 72.7 Å². The molecule has 2 aliphatic rings. The van der Waals surface area contributed by atoms with Crippen LogP contribution >= 0.6 is 11.8 Å². The van der Waals surface area contributed by atoms with E-state index in [4.69, 9.17) is 11.5 Å². The molecule has 0 aromatic carbocycles. The lowest BCUT2D eigenvalue weighted by Gasteiger charge is -2.32. The van der Waals surface area contributed by atoms with Crippen molar-refractivity contribution in [1.82, 2.24) is 63.0 Å². The minimum Gasteiger partial charge on any atom is -0.394 e. The van der Waals surface area contributed by atoms with Crippen molar-refractivity contribution in [2.75, 3.05) is 31.3 Å². The second-order valence-corrected chi connectivity index (χ2v) is 22.2. The van der Waals surface area contributed by atoms with E-state index in [-0.39, 0.29) is 56.2 Å². The molecule has 0 spiro atoms. The number of primary amides is 2. The Bertz CT molecular complexity index is 2450. The predicted octanol–water partition coefficient (Wildman–Crippen LogP) is -7.89. The maximum atomic E-state index is 13.9. The van der Waals surface area contributed by atoms with Crippen LogP contribution in [0, 0.1) is 5.92 Å². The van der Waals surface area contributed by atoms with Gasteiger partial charge >= 0.3 is 0 Å². The summed E-state index contributed by atoms with van der Waals surface area (Å²) in [5.74, 6) is -13.8. The number of hydrogen-bond donors (Lipinski definition) is 16. The molecule has 0 aliphatic carbocycles. The van der Waals surface area contributed by atoms with Gasteiger partial charge in [-0.2, -0.15) is 0 Å². The van der Waals surface area contributed by atoms with Crippen molar-refractivity contribution in [1.29, 1.82) is 0 Å². The van der Waals surface area contributed by atoms with Crippen LogP contribution in [0.3, 0.4) is 0 Å². The van der Waals surface area contributed by atoms with Crippen molar-refractivity contribution in [2.24, 2.45) is 17.4 Å². The summed E-state index contributed by atoms with van der Waals surface area (Å²) in [5, 5.41) is 65.8. The number of aliphatic hydroxyl groups excluding tert-OH is 4. The summed E-state index contributed by atoms with van der Waals surface area (Å²) in [7, 11) is 0. The lowest BCUT2D eigenvalue weighted by Crippen LogP contribution is -2.63. The molecule has 0 aromatic rings. The van der Waals surface area contributed by atoms with Crippen LogP contribution in [0.2, 0.25) is 0 Å². The summed E-state index contributed by atoms with van der Waals surface area (Å²) in [4.78, 5) is 198. The van der Waals surface area contributed by atoms with E-state index in [1.54, 1.807) is 13.8 Å². The Balaban J connectivity index is 2.28. The average molecular weight is 1240 g/mol. The smallest absolute Gasteiger partial charge is 0.248 e. The van der Waals surface area contributed by atoms with Crippen LogP contribution in [0.25, 0.3) is 0 Å². The third-order valence-corrected chi connectivity index (χ3v) is 15.1. The molecule has 14 amide bonds. The van der Waals surface area contributed by atoms with E-state index in [9.17, 15) is 92.3 Å². The normalized spacial score (nSPS) is 19.2. The van der Waals surface area contributed by atoms with Gasteiger partial charge in [-0.05, 0) is 72.1 Å². The minimum absolute atomic E-state index is 0.00451. The van der Waals surface area contributed by atoms with E-state index >= 15 is 0 Å². The van der Waals surface area contributed by atoms with Crippen molar-refractivity contribution < 1.29 is 92.3 Å². The summed E-state index contributed by atoms with van der Waals surface area (Å²) in [6.45, 7) is 9.60. The number of thioether (sulfide) groups is 1. The van der Waals surface area contributed by atoms with E-state index in [0.717, 1.165) is 37.4 Å². The quantitative estimate of drug-likeness (QED) is 0.0157. The number of aliphatic hydroxyl groups is 4. The molecular weight excluding hydrogens is 1160 g/mol. The molecule has 2 saturated heterocycles. The van der Waals surface area contributed by atoms with E-state index in [0.29, 0.717) is 32.1 Å². The number of hydrogen-bond acceptors (Lipinski definition) is 20. The van der Waals surface area contributed by atoms with Crippen molar-refractivity contribution in [3.05, 3.63) is 0 Å². The first-order chi connectivity index (χ1) is 40.3. The summed E-state index contributed by atoms with van der Waals surface area (Å²) >= 11 is 0.896. The zero-order chi connectivity index (χ0) is 65.3. The fraction of sp³-hybridized carbons (Fsp3) is 0.712. The molecule has 0 aromatic heterocycles. The van der Waals surface area contributed by atoms with Gasteiger partial charge in [-0.15, -0.1) is 11.8 Å². The van der Waals surface area contributed by atoms with Gasteiger partial charge in [0, 0.05) is 45.5 Å². The van der Waals surface area contributed by atoms with Crippen molar-refractivity contribution in [2.45, 2.75) is 198 Å². The first-order valence-corrected chi connectivity index (χ1v) is 29.3. The van der Waals surface area contributed by atoms with Crippen LogP contribution in [0.1, 0.15) is 113 Å². The van der Waals surface area contributed by atoms with Gasteiger partial charge in [0.2, 0.25) is 82.7 Å². The minimum atomic E-state index is -1.93. The highest BCUT2D eigenvalue weighted by molar-refractivity contribution is 7.99. The lowest BCUT2D eigenvalue weighted by molar-refractivity contribution is -0.145. The number of nitrogens with two attached hydrogens (primary N) is 2. The van der Waals surface area contributed by atoms with Gasteiger partial charge in [0.15, 0.2) is 0 Å². The molecule has 86 heavy (non-hydrogen) atoms. The highest BCUT2D eigenvalue weighted by Gasteiger charge is 2.43. The molecule has 0 saturated carbocycles. The van der Waals surface area contributed by atoms with E-state index in [2.05, 4.69) is 53.2 Å². The number of nitrogens with one attached hydrogen (secondary N) is 10. The van der Waals surface area contributed by atoms with Gasteiger partial charge < -0.3 is 99.7 Å². The summed E-state index contributed by atoms with van der Waals surface area (Å²) in [5.41, 5.74) is 10.8. The summed E-state index contributed by atoms with van der Waals surface area (Å²) in [6, 6.07) is -16.9. The molecule has 0 bridgehead atoms. The van der Waals surface area contributed by atoms with Gasteiger partial charge in [-0.1, -0.05) is 20.3 Å². The molecule has 0 radical (unpaired) electrons. The monoisotopic (exact) mass is 1240 g/mol. The fourth-order valence-corrected chi connectivity index (χ4v) is 9.96. The Morgan fingerprint density at radius 3 is 1.52 bits per heavy atom. The molecule has 4 unspecified atom stereocenters. The molecule has 15 atom stereocenters. The van der Waals surface area contributed by atoms with Crippen LogP contribution < -0.4 is 64.6 Å². The zero-order valence-corrected chi connectivity index (χ0v) is 50.3. The highest BCUT2D eigenvalue weighted by atomic mass is 32.2. The van der Waals surface area contributed by atoms with Crippen LogP contribution in [0.15, 0.2) is 0 Å². The Labute approximate surface area is 501 Å². The molecule has 18 N–H and O–H groups in total. The average Bonchev–Trinajstić information content (AvgIpc) is 4.35. The molecule has 2 fully saturated rings. The van der Waals surface area contributed by atoms with Crippen LogP contribution in [-0.4, -0.2) is 235 Å². The van der Waals surface area contributed by atoms with E-state index in [1.807, 2.05) is 0 Å². The summed E-state index contributed by atoms with van der Waals surface area (Å²) in [6.07, 6.45) is -4.30. The van der Waals surface area contributed by atoms with Crippen molar-refractivity contribution in [3.8, 4) is 0 Å². The molecule has 484 valence electrons. The zero-order valence-electron chi connectivity index (χ0n) is 49.5. The second-order valence-electron chi connectivity index (χ2n) is 21.2. The molecule has 2 heterocycles. The van der Waals surface area contributed by atoms with Crippen LogP contribution in [0.4, 0.5) is 0 Å². The van der Waals surface area contributed by atoms with Gasteiger partial charge in [0.05, 0.1) is 30.8 Å². The Morgan fingerprint density at radius 1 is 0.570 bits per heavy atom. The fourth-order valence-electron chi connectivity index (χ4n) is 9.07. The molecule has 33 nitrogen and oxygen atoms in total. The van der Waals surface area contributed by atoms with Gasteiger partial charge in [0.25, 0.3) is 0 Å². The van der Waals surface area contributed by atoms with E-state index in [1.165, 1.54) is 25.7 Å². The first-order valence-electron chi connectivity index (χ1n) is 28.1. The standard InChI is InChI=1S/C52H86N14O19S/c1-9-24(2)38(42(54)75)61-45(78)32(16-17-37(53)74)58-50(83)39(26(4)69)62-43(76)25(3)56-47(80)34(22-86-23-55-29(7)72)60-46(79)33(21-68)59-51(84)40(27(5)70)63-44(77)31(13-12-20-67)57-48(81)36-15-11-19-66(36)52(85)41(28(6)71)64-49(82)35-14-10-18-65(35)30(8)73/h20,24-28,31-36,38-41,68-71H,9-19,21-23H2,1-8H3,(H2,53,74)(H2,54,75)(H,55,72)(H,56,80)(H,57,81)(H,58,83)(H,59,84)(H,60,79)(H,61,78)(H,62,76)(H,63,77)(H,64,82)/t24?,25-,26?,27?,28?,31-,32-,33-,34-,35-,36-,38-,39-,40-,41-/m0/s1. The Hall–Kier alpha value is -7.56. The van der Waals surface area contributed by atoms with Gasteiger partial charge in [-0.25, -0.2) is 0 Å². The number of carbonyl (C=O) groups is 15. The number of rotatable bonds is 36. The molecule has 2 rings (SSSR count).